The zero-order valence-corrected chi connectivity index (χ0v) is 17.5. The van der Waals surface area contributed by atoms with Crippen LogP contribution in [0.5, 0.6) is 0 Å². The Bertz CT molecular complexity index is 1180. The van der Waals surface area contributed by atoms with Gasteiger partial charge in [-0.3, -0.25) is 10.3 Å². The number of nitrogens with one attached hydrogen (secondary N) is 2. The van der Waals surface area contributed by atoms with E-state index in [1.807, 2.05) is 12.1 Å². The van der Waals surface area contributed by atoms with Crippen molar-refractivity contribution in [2.75, 3.05) is 25.0 Å². The number of hydrogen-bond donors (Lipinski definition) is 3. The number of pyridine rings is 1. The van der Waals surface area contributed by atoms with E-state index in [4.69, 9.17) is 5.11 Å². The van der Waals surface area contributed by atoms with Crippen LogP contribution in [-0.4, -0.2) is 51.7 Å². The normalized spacial score (nSPS) is 13.7. The molecule has 0 radical (unpaired) electrons. The van der Waals surface area contributed by atoms with Crippen LogP contribution in [0.4, 0.5) is 19.1 Å². The van der Waals surface area contributed by atoms with E-state index in [-0.39, 0.29) is 17.2 Å². The molecule has 4 rings (SSSR count). The highest BCUT2D eigenvalue weighted by Gasteiger charge is 2.24. The molecule has 0 saturated heterocycles. The van der Waals surface area contributed by atoms with Gasteiger partial charge in [0.25, 0.3) is 0 Å². The molecule has 3 aromatic rings. The molecule has 3 amide bonds. The molecular formula is C21H20FN5O3S. The molecule has 0 aliphatic carbocycles. The van der Waals surface area contributed by atoms with Gasteiger partial charge in [0.1, 0.15) is 5.52 Å². The van der Waals surface area contributed by atoms with Crippen LogP contribution in [0.2, 0.25) is 0 Å². The third kappa shape index (κ3) is 4.19. The number of benzene rings is 1. The predicted octanol–water partition coefficient (Wildman–Crippen LogP) is 4.41. The van der Waals surface area contributed by atoms with E-state index >= 15 is 4.39 Å². The first kappa shape index (κ1) is 20.7. The van der Waals surface area contributed by atoms with E-state index in [0.29, 0.717) is 41.0 Å². The van der Waals surface area contributed by atoms with Crippen LogP contribution < -0.4 is 10.6 Å². The lowest BCUT2D eigenvalue weighted by atomic mass is 9.95. The number of nitrogens with zero attached hydrogens (tertiary/aromatic N) is 3. The Balaban J connectivity index is 1.83. The summed E-state index contributed by atoms with van der Waals surface area (Å²) >= 11 is 1.18. The number of urea groups is 1. The van der Waals surface area contributed by atoms with Crippen LogP contribution >= 0.6 is 11.3 Å². The van der Waals surface area contributed by atoms with Gasteiger partial charge < -0.3 is 15.3 Å². The number of amides is 3. The summed E-state index contributed by atoms with van der Waals surface area (Å²) in [7, 11) is 0. The van der Waals surface area contributed by atoms with Crippen molar-refractivity contribution in [2.45, 2.75) is 13.3 Å². The monoisotopic (exact) mass is 441 g/mol. The standard InChI is InChI=1S/C21H20FN5O3S/c1-2-23-19(28)26-20-25-17-16(22)13(12-6-9-27(10-7-12)21(29)30)11-14(18(17)31-20)15-5-3-4-8-24-15/h3-6,8,11H,2,7,9-10H2,1H3,(H,29,30)(H2,23,25,26,28). The van der Waals surface area contributed by atoms with E-state index in [1.54, 1.807) is 31.3 Å². The lowest BCUT2D eigenvalue weighted by Gasteiger charge is -2.24. The van der Waals surface area contributed by atoms with Gasteiger partial charge in [-0.2, -0.15) is 0 Å². The van der Waals surface area contributed by atoms with E-state index in [2.05, 4.69) is 20.6 Å². The molecule has 0 unspecified atom stereocenters. The van der Waals surface area contributed by atoms with Crippen LogP contribution in [0.1, 0.15) is 18.9 Å². The fourth-order valence-corrected chi connectivity index (χ4v) is 4.42. The Labute approximate surface area is 181 Å². The van der Waals surface area contributed by atoms with Gasteiger partial charge in [0.15, 0.2) is 10.9 Å². The number of anilines is 1. The quantitative estimate of drug-likeness (QED) is 0.556. The molecule has 0 saturated carbocycles. The molecule has 0 atom stereocenters. The molecule has 1 aromatic carbocycles. The smallest absolute Gasteiger partial charge is 0.407 e. The summed E-state index contributed by atoms with van der Waals surface area (Å²) in [5.41, 5.74) is 2.60. The maximum absolute atomic E-state index is 15.5. The Hall–Kier alpha value is -3.53. The highest BCUT2D eigenvalue weighted by molar-refractivity contribution is 7.22. The zero-order chi connectivity index (χ0) is 22.0. The van der Waals surface area contributed by atoms with Gasteiger partial charge in [-0.1, -0.05) is 23.5 Å². The summed E-state index contributed by atoms with van der Waals surface area (Å²) in [6.07, 6.45) is 2.78. The van der Waals surface area contributed by atoms with Gasteiger partial charge in [0.05, 0.1) is 10.4 Å². The topological polar surface area (TPSA) is 107 Å². The molecule has 0 fully saturated rings. The van der Waals surface area contributed by atoms with Gasteiger partial charge in [-0.05, 0) is 37.1 Å². The first-order valence-electron chi connectivity index (χ1n) is 9.74. The second-order valence-corrected chi connectivity index (χ2v) is 7.89. The number of thiazole rings is 1. The fraction of sp³-hybridized carbons (Fsp3) is 0.238. The average Bonchev–Trinajstić information content (AvgIpc) is 3.19. The second-order valence-electron chi connectivity index (χ2n) is 6.89. The number of rotatable bonds is 4. The minimum atomic E-state index is -0.999. The van der Waals surface area contributed by atoms with Gasteiger partial charge >= 0.3 is 12.1 Å². The molecule has 2 aromatic heterocycles. The molecule has 3 N–H and O–H groups in total. The Morgan fingerprint density at radius 3 is 2.81 bits per heavy atom. The van der Waals surface area contributed by atoms with Crippen LogP contribution in [0, 0.1) is 5.82 Å². The van der Waals surface area contributed by atoms with Gasteiger partial charge in [0.2, 0.25) is 0 Å². The lowest BCUT2D eigenvalue weighted by Crippen LogP contribution is -2.33. The molecule has 1 aliphatic heterocycles. The van der Waals surface area contributed by atoms with Crippen molar-refractivity contribution in [3.63, 3.8) is 0 Å². The number of carboxylic acid groups (broad SMARTS) is 1. The average molecular weight is 441 g/mol. The maximum Gasteiger partial charge on any atom is 0.407 e. The third-order valence-corrected chi connectivity index (χ3v) is 5.93. The van der Waals surface area contributed by atoms with Crippen molar-refractivity contribution in [2.24, 2.45) is 0 Å². The SMILES string of the molecule is CCNC(=O)Nc1nc2c(F)c(C3=CCN(C(=O)O)CC3)cc(-c3ccccn3)c2s1. The van der Waals surface area contributed by atoms with Gasteiger partial charge in [-0.25, -0.2) is 19.0 Å². The molecule has 31 heavy (non-hydrogen) atoms. The molecule has 8 nitrogen and oxygen atoms in total. The minimum absolute atomic E-state index is 0.150. The summed E-state index contributed by atoms with van der Waals surface area (Å²) in [5.74, 6) is -0.495. The number of carbonyl (C=O) groups is 2. The number of halogens is 1. The summed E-state index contributed by atoms with van der Waals surface area (Å²) in [4.78, 5) is 33.1. The zero-order valence-electron chi connectivity index (χ0n) is 16.7. The maximum atomic E-state index is 15.5. The molecule has 160 valence electrons. The van der Waals surface area contributed by atoms with Crippen molar-refractivity contribution in [3.05, 3.63) is 47.9 Å². The first-order valence-corrected chi connectivity index (χ1v) is 10.6. The van der Waals surface area contributed by atoms with E-state index < -0.39 is 17.9 Å². The highest BCUT2D eigenvalue weighted by atomic mass is 32.1. The number of fused-ring (bicyclic) bond motifs is 1. The van der Waals surface area contributed by atoms with E-state index in [0.717, 1.165) is 5.57 Å². The van der Waals surface area contributed by atoms with Crippen LogP contribution in [0.25, 0.3) is 27.0 Å². The van der Waals surface area contributed by atoms with Crippen LogP contribution in [-0.2, 0) is 0 Å². The Morgan fingerprint density at radius 1 is 1.32 bits per heavy atom. The molecule has 0 bridgehead atoms. The third-order valence-electron chi connectivity index (χ3n) is 4.93. The lowest BCUT2D eigenvalue weighted by molar-refractivity contribution is 0.150. The number of carbonyl (C=O) groups excluding carboxylic acids is 1. The fourth-order valence-electron chi connectivity index (χ4n) is 3.44. The van der Waals surface area contributed by atoms with Gasteiger partial charge in [0, 0.05) is 37.0 Å². The summed E-state index contributed by atoms with van der Waals surface area (Å²) in [6.45, 7) is 2.74. The number of aromatic nitrogens is 2. The van der Waals surface area contributed by atoms with E-state index in [1.165, 1.54) is 16.2 Å². The highest BCUT2D eigenvalue weighted by Crippen LogP contribution is 2.40. The minimum Gasteiger partial charge on any atom is -0.465 e. The number of hydrogen-bond acceptors (Lipinski definition) is 5. The molecule has 3 heterocycles. The Morgan fingerprint density at radius 2 is 2.16 bits per heavy atom. The van der Waals surface area contributed by atoms with E-state index in [9.17, 15) is 9.59 Å². The van der Waals surface area contributed by atoms with Gasteiger partial charge in [-0.15, -0.1) is 0 Å². The van der Waals surface area contributed by atoms with Crippen LogP contribution in [0.15, 0.2) is 36.5 Å². The summed E-state index contributed by atoms with van der Waals surface area (Å²) < 4.78 is 16.1. The summed E-state index contributed by atoms with van der Waals surface area (Å²) in [5, 5.41) is 14.7. The van der Waals surface area contributed by atoms with Crippen molar-refractivity contribution in [1.82, 2.24) is 20.2 Å². The summed E-state index contributed by atoms with van der Waals surface area (Å²) in [6, 6.07) is 6.79. The molecule has 10 heteroatoms. The largest absolute Gasteiger partial charge is 0.465 e. The molecule has 1 aliphatic rings. The van der Waals surface area contributed by atoms with Crippen molar-refractivity contribution in [1.29, 1.82) is 0 Å². The van der Waals surface area contributed by atoms with Crippen molar-refractivity contribution >= 4 is 44.4 Å². The molecule has 0 spiro atoms. The van der Waals surface area contributed by atoms with Crippen molar-refractivity contribution < 1.29 is 19.1 Å². The second kappa shape index (κ2) is 8.68. The Kier molecular flexibility index (Phi) is 5.81. The predicted molar refractivity (Wildman–Crippen MR) is 118 cm³/mol. The van der Waals surface area contributed by atoms with Crippen molar-refractivity contribution in [3.8, 4) is 11.3 Å². The molecular weight excluding hydrogens is 421 g/mol. The van der Waals surface area contributed by atoms with Crippen LogP contribution in [0.3, 0.4) is 0 Å². The first-order chi connectivity index (χ1) is 15.0.